The second kappa shape index (κ2) is 6.94. The molecule has 8 heteroatoms. The van der Waals surface area contributed by atoms with Gasteiger partial charge in [-0.25, -0.2) is 4.79 Å². The molecule has 1 spiro atoms. The summed E-state index contributed by atoms with van der Waals surface area (Å²) in [6.07, 6.45) is 2.27. The van der Waals surface area contributed by atoms with Crippen molar-refractivity contribution in [2.24, 2.45) is 0 Å². The number of thiophene rings is 1. The molecule has 1 aliphatic carbocycles. The van der Waals surface area contributed by atoms with Gasteiger partial charge in [-0.2, -0.15) is 0 Å². The fourth-order valence-electron chi connectivity index (χ4n) is 3.93. The molecule has 4 rings (SSSR count). The normalized spacial score (nSPS) is 20.9. The number of nitrogens with zero attached hydrogens (tertiary/aromatic N) is 1. The molecule has 0 saturated carbocycles. The van der Waals surface area contributed by atoms with Gasteiger partial charge in [0.15, 0.2) is 17.3 Å². The van der Waals surface area contributed by atoms with Crippen molar-refractivity contribution in [3.63, 3.8) is 0 Å². The topological polar surface area (TPSA) is 84.9 Å². The van der Waals surface area contributed by atoms with Gasteiger partial charge in [-0.1, -0.05) is 0 Å². The Hall–Kier alpha value is -2.87. The second-order valence-corrected chi connectivity index (χ2v) is 7.83. The Morgan fingerprint density at radius 3 is 2.75 bits per heavy atom. The highest BCUT2D eigenvalue weighted by Gasteiger charge is 2.54. The number of amides is 3. The van der Waals surface area contributed by atoms with Crippen molar-refractivity contribution in [2.45, 2.75) is 24.8 Å². The Morgan fingerprint density at radius 2 is 2.00 bits per heavy atom. The fourth-order valence-corrected chi connectivity index (χ4v) is 4.93. The van der Waals surface area contributed by atoms with Crippen molar-refractivity contribution in [3.05, 3.63) is 45.6 Å². The van der Waals surface area contributed by atoms with Gasteiger partial charge in [-0.3, -0.25) is 14.5 Å². The highest BCUT2D eigenvalue weighted by atomic mass is 32.1. The van der Waals surface area contributed by atoms with Crippen LogP contribution in [0.25, 0.3) is 0 Å². The first-order chi connectivity index (χ1) is 13.5. The van der Waals surface area contributed by atoms with E-state index in [2.05, 4.69) is 5.32 Å². The number of fused-ring (bicyclic) bond motifs is 2. The number of carbonyl (C=O) groups is 3. The summed E-state index contributed by atoms with van der Waals surface area (Å²) in [6.45, 7) is -0.318. The van der Waals surface area contributed by atoms with Crippen LogP contribution in [0.5, 0.6) is 11.5 Å². The van der Waals surface area contributed by atoms with Gasteiger partial charge < -0.3 is 14.8 Å². The molecule has 1 fully saturated rings. The van der Waals surface area contributed by atoms with Crippen LogP contribution in [0.4, 0.5) is 4.79 Å². The number of Topliss-reactive ketones (excluding diaryl/α,β-unsaturated/α-hetero) is 1. The van der Waals surface area contributed by atoms with E-state index < -0.39 is 11.6 Å². The van der Waals surface area contributed by atoms with Crippen LogP contribution in [0.1, 0.15) is 33.6 Å². The van der Waals surface area contributed by atoms with Crippen molar-refractivity contribution in [1.82, 2.24) is 10.2 Å². The minimum absolute atomic E-state index is 0.318. The summed E-state index contributed by atoms with van der Waals surface area (Å²) in [4.78, 5) is 40.7. The van der Waals surface area contributed by atoms with Gasteiger partial charge in [0.05, 0.1) is 20.8 Å². The molecule has 2 aromatic rings. The summed E-state index contributed by atoms with van der Waals surface area (Å²) in [7, 11) is 2.99. The molecule has 0 bridgehead atoms. The van der Waals surface area contributed by atoms with Gasteiger partial charge in [0.1, 0.15) is 5.54 Å². The van der Waals surface area contributed by atoms with Crippen molar-refractivity contribution < 1.29 is 23.9 Å². The molecule has 28 heavy (non-hydrogen) atoms. The Balaban J connectivity index is 1.59. The number of urea groups is 1. The van der Waals surface area contributed by atoms with Crippen molar-refractivity contribution >= 4 is 29.1 Å². The van der Waals surface area contributed by atoms with E-state index >= 15 is 0 Å². The van der Waals surface area contributed by atoms with Crippen LogP contribution < -0.4 is 14.8 Å². The number of carbonyl (C=O) groups excluding carboxylic acids is 3. The lowest BCUT2D eigenvalue weighted by molar-refractivity contribution is -0.131. The number of methoxy groups -OCH3 is 2. The maximum absolute atomic E-state index is 13.2. The third kappa shape index (κ3) is 2.75. The van der Waals surface area contributed by atoms with Crippen LogP contribution >= 0.6 is 11.3 Å². The minimum Gasteiger partial charge on any atom is -0.493 e. The second-order valence-electron chi connectivity index (χ2n) is 6.83. The average Bonchev–Trinajstić information content (AvgIpc) is 3.28. The van der Waals surface area contributed by atoms with E-state index in [1.165, 1.54) is 14.2 Å². The quantitative estimate of drug-likeness (QED) is 0.616. The van der Waals surface area contributed by atoms with E-state index in [0.717, 1.165) is 28.2 Å². The van der Waals surface area contributed by atoms with Crippen molar-refractivity contribution in [1.29, 1.82) is 0 Å². The molecule has 1 aliphatic heterocycles. The predicted octanol–water partition coefficient (Wildman–Crippen LogP) is 2.73. The van der Waals surface area contributed by atoms with Gasteiger partial charge in [0, 0.05) is 16.0 Å². The zero-order valence-corrected chi connectivity index (χ0v) is 16.4. The average molecular weight is 400 g/mol. The van der Waals surface area contributed by atoms with E-state index in [4.69, 9.17) is 9.47 Å². The van der Waals surface area contributed by atoms with Gasteiger partial charge in [0.25, 0.3) is 5.91 Å². The summed E-state index contributed by atoms with van der Waals surface area (Å²) < 4.78 is 10.4. The highest BCUT2D eigenvalue weighted by molar-refractivity contribution is 7.10. The third-order valence-corrected chi connectivity index (χ3v) is 6.32. The number of nitrogens with one attached hydrogen (secondary N) is 1. The maximum atomic E-state index is 13.2. The first-order valence-electron chi connectivity index (χ1n) is 8.96. The molecule has 1 N–H and O–H groups in total. The van der Waals surface area contributed by atoms with Gasteiger partial charge in [0.2, 0.25) is 0 Å². The number of hydrogen-bond donors (Lipinski definition) is 1. The van der Waals surface area contributed by atoms with Crippen LogP contribution in [-0.2, 0) is 16.8 Å². The van der Waals surface area contributed by atoms with Crippen LogP contribution in [0.3, 0.4) is 0 Å². The molecule has 1 aromatic heterocycles. The Morgan fingerprint density at radius 1 is 1.21 bits per heavy atom. The molecule has 146 valence electrons. The highest BCUT2D eigenvalue weighted by Crippen LogP contribution is 2.42. The smallest absolute Gasteiger partial charge is 0.325 e. The first-order valence-corrected chi connectivity index (χ1v) is 9.84. The Bertz CT molecular complexity index is 969. The monoisotopic (exact) mass is 400 g/mol. The largest absolute Gasteiger partial charge is 0.493 e. The standard InChI is InChI=1S/C20H20N2O5S/c1-26-15-6-5-12(10-16(15)27-2)14(23)11-22-18(24)20(21-19(22)25)8-3-4-17-13(20)7-9-28-17/h5-7,9-10H,3-4,8,11H2,1-2H3,(H,21,25)/t20-/m0/s1. The van der Waals surface area contributed by atoms with E-state index in [1.54, 1.807) is 29.5 Å². The third-order valence-electron chi connectivity index (χ3n) is 5.34. The lowest BCUT2D eigenvalue weighted by Gasteiger charge is -2.31. The van der Waals surface area contributed by atoms with Crippen LogP contribution in [0, 0.1) is 0 Å². The molecule has 0 unspecified atom stereocenters. The number of aryl methyl sites for hydroxylation is 1. The number of ether oxygens (including phenoxy) is 2. The van der Waals surface area contributed by atoms with Gasteiger partial charge in [-0.05, 0) is 48.9 Å². The van der Waals surface area contributed by atoms with E-state index in [-0.39, 0.29) is 18.2 Å². The zero-order chi connectivity index (χ0) is 19.9. The first kappa shape index (κ1) is 18.5. The van der Waals surface area contributed by atoms with Crippen molar-refractivity contribution in [3.8, 4) is 11.5 Å². The Kier molecular flexibility index (Phi) is 4.58. The molecular weight excluding hydrogens is 380 g/mol. The van der Waals surface area contributed by atoms with Crippen LogP contribution in [-0.4, -0.2) is 43.4 Å². The van der Waals surface area contributed by atoms with E-state index in [1.807, 2.05) is 11.4 Å². The number of ketones is 1. The molecule has 1 aromatic carbocycles. The zero-order valence-electron chi connectivity index (χ0n) is 15.6. The number of imide groups is 1. The molecule has 2 aliphatic rings. The molecular formula is C20H20N2O5S. The van der Waals surface area contributed by atoms with Crippen LogP contribution in [0.15, 0.2) is 29.6 Å². The molecule has 2 heterocycles. The summed E-state index contributed by atoms with van der Waals surface area (Å²) in [6, 6.07) is 6.13. The SMILES string of the molecule is COc1ccc(C(=O)CN2C(=O)N[C@]3(CCCc4sccc43)C2=O)cc1OC. The lowest BCUT2D eigenvalue weighted by atomic mass is 9.80. The number of hydrogen-bond acceptors (Lipinski definition) is 6. The molecule has 1 saturated heterocycles. The molecule has 0 radical (unpaired) electrons. The molecule has 7 nitrogen and oxygen atoms in total. The minimum atomic E-state index is -1.04. The van der Waals surface area contributed by atoms with E-state index in [0.29, 0.717) is 23.5 Å². The summed E-state index contributed by atoms with van der Waals surface area (Å²) in [5.74, 6) is 0.214. The Labute approximate surface area is 166 Å². The number of benzene rings is 1. The molecule has 1 atom stereocenters. The molecule has 3 amide bonds. The predicted molar refractivity (Wildman–Crippen MR) is 103 cm³/mol. The summed E-state index contributed by atoms with van der Waals surface area (Å²) >= 11 is 1.59. The van der Waals surface area contributed by atoms with Crippen molar-refractivity contribution in [2.75, 3.05) is 20.8 Å². The summed E-state index contributed by atoms with van der Waals surface area (Å²) in [5.41, 5.74) is 0.171. The van der Waals surface area contributed by atoms with E-state index in [9.17, 15) is 14.4 Å². The lowest BCUT2D eigenvalue weighted by Crippen LogP contribution is -2.46. The maximum Gasteiger partial charge on any atom is 0.325 e. The van der Waals surface area contributed by atoms with Gasteiger partial charge >= 0.3 is 6.03 Å². The fraction of sp³-hybridized carbons (Fsp3) is 0.350. The van der Waals surface area contributed by atoms with Crippen LogP contribution in [0.2, 0.25) is 0 Å². The summed E-state index contributed by atoms with van der Waals surface area (Å²) in [5, 5.41) is 4.80. The van der Waals surface area contributed by atoms with Gasteiger partial charge in [-0.15, -0.1) is 11.3 Å². The number of rotatable bonds is 5.